The summed E-state index contributed by atoms with van der Waals surface area (Å²) in [6.07, 6.45) is 1.73. The topological polar surface area (TPSA) is 53.6 Å². The van der Waals surface area contributed by atoms with Gasteiger partial charge < -0.3 is 15.4 Å². The fraction of sp³-hybridized carbons (Fsp3) is 0.923. The molecule has 18 heavy (non-hydrogen) atoms. The zero-order chi connectivity index (χ0) is 13.4. The van der Waals surface area contributed by atoms with Gasteiger partial charge in [0.05, 0.1) is 6.61 Å². The predicted octanol–water partition coefficient (Wildman–Crippen LogP) is 0.211. The van der Waals surface area contributed by atoms with Crippen LogP contribution in [0.2, 0.25) is 0 Å². The van der Waals surface area contributed by atoms with E-state index in [2.05, 4.69) is 29.4 Å². The zero-order valence-corrected chi connectivity index (χ0v) is 11.9. The van der Waals surface area contributed by atoms with Crippen molar-refractivity contribution >= 4 is 5.91 Å². The number of rotatable bonds is 8. The molecular formula is C13H27N3O2. The molecule has 1 amide bonds. The van der Waals surface area contributed by atoms with Gasteiger partial charge in [-0.2, -0.15) is 0 Å². The number of nitrogens with one attached hydrogen (secondary N) is 2. The van der Waals surface area contributed by atoms with Gasteiger partial charge in [0.2, 0.25) is 5.91 Å². The van der Waals surface area contributed by atoms with Gasteiger partial charge in [-0.05, 0) is 26.8 Å². The Morgan fingerprint density at radius 1 is 1.44 bits per heavy atom. The average molecular weight is 257 g/mol. The van der Waals surface area contributed by atoms with Crippen molar-refractivity contribution in [2.45, 2.75) is 38.8 Å². The van der Waals surface area contributed by atoms with Gasteiger partial charge in [0, 0.05) is 45.2 Å². The molecule has 106 valence electrons. The first-order valence-electron chi connectivity index (χ1n) is 6.86. The van der Waals surface area contributed by atoms with Gasteiger partial charge in [-0.3, -0.25) is 9.69 Å². The molecule has 0 bridgehead atoms. The molecule has 1 aliphatic rings. The van der Waals surface area contributed by atoms with Crippen LogP contribution in [0.5, 0.6) is 0 Å². The molecule has 0 saturated carbocycles. The highest BCUT2D eigenvalue weighted by molar-refractivity contribution is 5.76. The number of hydrogen-bond acceptors (Lipinski definition) is 4. The predicted molar refractivity (Wildman–Crippen MR) is 72.6 cm³/mol. The summed E-state index contributed by atoms with van der Waals surface area (Å²) in [6.45, 7) is 8.65. The minimum atomic E-state index is 0.0956. The lowest BCUT2D eigenvalue weighted by Crippen LogP contribution is -2.37. The third-order valence-electron chi connectivity index (χ3n) is 3.36. The van der Waals surface area contributed by atoms with Crippen molar-refractivity contribution < 1.29 is 9.53 Å². The minimum Gasteiger partial charge on any atom is -0.383 e. The molecule has 0 aromatic heterocycles. The third-order valence-corrected chi connectivity index (χ3v) is 3.36. The van der Waals surface area contributed by atoms with E-state index in [1.54, 1.807) is 7.11 Å². The summed E-state index contributed by atoms with van der Waals surface area (Å²) in [6, 6.07) is 1.16. The second-order valence-electron chi connectivity index (χ2n) is 5.12. The van der Waals surface area contributed by atoms with Gasteiger partial charge in [-0.1, -0.05) is 0 Å². The van der Waals surface area contributed by atoms with E-state index in [1.807, 2.05) is 0 Å². The molecule has 0 radical (unpaired) electrons. The monoisotopic (exact) mass is 257 g/mol. The van der Waals surface area contributed by atoms with Crippen molar-refractivity contribution in [3.63, 3.8) is 0 Å². The first-order valence-corrected chi connectivity index (χ1v) is 6.86. The molecule has 0 spiro atoms. The highest BCUT2D eigenvalue weighted by Crippen LogP contribution is 2.11. The molecule has 0 aromatic rings. The van der Waals surface area contributed by atoms with E-state index in [0.717, 1.165) is 19.6 Å². The van der Waals surface area contributed by atoms with Crippen molar-refractivity contribution in [2.24, 2.45) is 0 Å². The van der Waals surface area contributed by atoms with Crippen molar-refractivity contribution in [3.05, 3.63) is 0 Å². The van der Waals surface area contributed by atoms with Gasteiger partial charge in [-0.25, -0.2) is 0 Å². The summed E-state index contributed by atoms with van der Waals surface area (Å²) >= 11 is 0. The maximum Gasteiger partial charge on any atom is 0.221 e. The zero-order valence-electron chi connectivity index (χ0n) is 11.9. The highest BCUT2D eigenvalue weighted by atomic mass is 16.5. The summed E-state index contributed by atoms with van der Waals surface area (Å²) in [5.41, 5.74) is 0. The minimum absolute atomic E-state index is 0.0956. The number of carbonyl (C=O) groups excluding carboxylic acids is 1. The summed E-state index contributed by atoms with van der Waals surface area (Å²) in [5.74, 6) is 0.0956. The molecule has 0 aromatic carbocycles. The Morgan fingerprint density at radius 3 is 2.83 bits per heavy atom. The van der Waals surface area contributed by atoms with Gasteiger partial charge in [-0.15, -0.1) is 0 Å². The van der Waals surface area contributed by atoms with Crippen molar-refractivity contribution in [1.82, 2.24) is 15.5 Å². The Balaban J connectivity index is 2.03. The van der Waals surface area contributed by atoms with Crippen LogP contribution in [0.25, 0.3) is 0 Å². The molecule has 1 fully saturated rings. The van der Waals surface area contributed by atoms with E-state index >= 15 is 0 Å². The second kappa shape index (κ2) is 8.45. The summed E-state index contributed by atoms with van der Waals surface area (Å²) < 4.78 is 4.88. The molecule has 0 aliphatic carbocycles. The summed E-state index contributed by atoms with van der Waals surface area (Å²) in [4.78, 5) is 13.9. The fourth-order valence-corrected chi connectivity index (χ4v) is 2.19. The van der Waals surface area contributed by atoms with Crippen LogP contribution in [0.3, 0.4) is 0 Å². The molecule has 1 atom stereocenters. The standard InChI is InChI=1S/C13H27N3O2/c1-11(2)16-8-5-12(10-16)14-6-4-13(17)15-7-9-18-3/h11-12,14H,4-10H2,1-3H3,(H,15,17). The SMILES string of the molecule is COCCNC(=O)CCNC1CCN(C(C)C)C1. The van der Waals surface area contributed by atoms with Crippen LogP contribution in [-0.2, 0) is 9.53 Å². The highest BCUT2D eigenvalue weighted by Gasteiger charge is 2.23. The number of ether oxygens (including phenoxy) is 1. The van der Waals surface area contributed by atoms with Crippen LogP contribution in [0.4, 0.5) is 0 Å². The lowest BCUT2D eigenvalue weighted by atomic mass is 10.2. The van der Waals surface area contributed by atoms with Gasteiger partial charge in [0.25, 0.3) is 0 Å². The summed E-state index contributed by atoms with van der Waals surface area (Å²) in [7, 11) is 1.63. The van der Waals surface area contributed by atoms with Crippen molar-refractivity contribution in [1.29, 1.82) is 0 Å². The Hall–Kier alpha value is -0.650. The third kappa shape index (κ3) is 5.80. The number of nitrogens with zero attached hydrogens (tertiary/aromatic N) is 1. The molecule has 5 nitrogen and oxygen atoms in total. The van der Waals surface area contributed by atoms with Crippen LogP contribution < -0.4 is 10.6 Å². The molecule has 1 aliphatic heterocycles. The molecule has 1 unspecified atom stereocenters. The Labute approximate surface area is 110 Å². The maximum atomic E-state index is 11.4. The van der Waals surface area contributed by atoms with E-state index in [1.165, 1.54) is 6.42 Å². The normalized spacial score (nSPS) is 20.6. The van der Waals surface area contributed by atoms with Crippen LogP contribution in [0, 0.1) is 0 Å². The smallest absolute Gasteiger partial charge is 0.221 e. The summed E-state index contributed by atoms with van der Waals surface area (Å²) in [5, 5.41) is 6.28. The van der Waals surface area contributed by atoms with Gasteiger partial charge in [0.1, 0.15) is 0 Å². The lowest BCUT2D eigenvalue weighted by molar-refractivity contribution is -0.121. The Morgan fingerprint density at radius 2 is 2.22 bits per heavy atom. The largest absolute Gasteiger partial charge is 0.383 e. The van der Waals surface area contributed by atoms with E-state index in [4.69, 9.17) is 4.74 Å². The first kappa shape index (κ1) is 15.4. The number of carbonyl (C=O) groups is 1. The van der Waals surface area contributed by atoms with Crippen LogP contribution >= 0.6 is 0 Å². The van der Waals surface area contributed by atoms with E-state index < -0.39 is 0 Å². The van der Waals surface area contributed by atoms with E-state index in [9.17, 15) is 4.79 Å². The Bertz CT molecular complexity index is 246. The lowest BCUT2D eigenvalue weighted by Gasteiger charge is -2.20. The second-order valence-corrected chi connectivity index (χ2v) is 5.12. The van der Waals surface area contributed by atoms with Crippen LogP contribution in [0.15, 0.2) is 0 Å². The molecule has 2 N–H and O–H groups in total. The first-order chi connectivity index (χ1) is 8.63. The quantitative estimate of drug-likeness (QED) is 0.611. The Kier molecular flexibility index (Phi) is 7.23. The van der Waals surface area contributed by atoms with E-state index in [-0.39, 0.29) is 5.91 Å². The average Bonchev–Trinajstić information content (AvgIpc) is 2.78. The molecular weight excluding hydrogens is 230 g/mol. The number of hydrogen-bond donors (Lipinski definition) is 2. The fourth-order valence-electron chi connectivity index (χ4n) is 2.19. The van der Waals surface area contributed by atoms with Gasteiger partial charge in [0.15, 0.2) is 0 Å². The molecule has 5 heteroatoms. The number of methoxy groups -OCH3 is 1. The van der Waals surface area contributed by atoms with Crippen LogP contribution in [0.1, 0.15) is 26.7 Å². The van der Waals surface area contributed by atoms with E-state index in [0.29, 0.717) is 31.7 Å². The number of amides is 1. The van der Waals surface area contributed by atoms with Crippen molar-refractivity contribution in [2.75, 3.05) is 39.9 Å². The van der Waals surface area contributed by atoms with Gasteiger partial charge >= 0.3 is 0 Å². The van der Waals surface area contributed by atoms with Crippen LogP contribution in [-0.4, -0.2) is 62.8 Å². The molecule has 1 heterocycles. The number of likely N-dealkylation sites (tertiary alicyclic amines) is 1. The maximum absolute atomic E-state index is 11.4. The molecule has 1 rings (SSSR count). The molecule has 1 saturated heterocycles. The van der Waals surface area contributed by atoms with Crippen molar-refractivity contribution in [3.8, 4) is 0 Å².